The summed E-state index contributed by atoms with van der Waals surface area (Å²) in [5.74, 6) is 0.187. The summed E-state index contributed by atoms with van der Waals surface area (Å²) in [4.78, 5) is 27.5. The van der Waals surface area contributed by atoms with Gasteiger partial charge in [-0.3, -0.25) is 14.5 Å². The van der Waals surface area contributed by atoms with Crippen molar-refractivity contribution in [3.05, 3.63) is 54.6 Å². The molecule has 0 spiro atoms. The number of piperidine rings is 1. The minimum atomic E-state index is 0.00472. The monoisotopic (exact) mass is 421 g/mol. The number of nitrogens with zero attached hydrogens (tertiary/aromatic N) is 1. The summed E-state index contributed by atoms with van der Waals surface area (Å²) in [6.45, 7) is 6.46. The largest absolute Gasteiger partial charge is 0.356 e. The zero-order valence-electron chi connectivity index (χ0n) is 18.8. The molecule has 1 aliphatic heterocycles. The number of likely N-dealkylation sites (tertiary alicyclic amines) is 1. The molecule has 1 aliphatic rings. The minimum Gasteiger partial charge on any atom is -0.356 e. The SMILES string of the molecule is CCCCNC(=O)C1CCC(C)N(CCC(=O)Nc2ccccc2-c2ccccc2)C1. The lowest BCUT2D eigenvalue weighted by atomic mass is 9.92. The van der Waals surface area contributed by atoms with Gasteiger partial charge in [-0.15, -0.1) is 0 Å². The van der Waals surface area contributed by atoms with Gasteiger partial charge in [0.15, 0.2) is 0 Å². The van der Waals surface area contributed by atoms with Crippen LogP contribution < -0.4 is 10.6 Å². The highest BCUT2D eigenvalue weighted by Gasteiger charge is 2.29. The van der Waals surface area contributed by atoms with E-state index >= 15 is 0 Å². The average Bonchev–Trinajstić information content (AvgIpc) is 2.79. The Kier molecular flexibility index (Phi) is 8.65. The van der Waals surface area contributed by atoms with Crippen molar-refractivity contribution in [3.63, 3.8) is 0 Å². The van der Waals surface area contributed by atoms with Gasteiger partial charge in [-0.25, -0.2) is 0 Å². The van der Waals surface area contributed by atoms with Gasteiger partial charge in [-0.05, 0) is 37.8 Å². The molecule has 2 aromatic carbocycles. The van der Waals surface area contributed by atoms with Gasteiger partial charge < -0.3 is 10.6 Å². The maximum absolute atomic E-state index is 12.7. The summed E-state index contributed by atoms with van der Waals surface area (Å²) in [5.41, 5.74) is 2.94. The van der Waals surface area contributed by atoms with E-state index in [9.17, 15) is 9.59 Å². The Morgan fingerprint density at radius 2 is 1.77 bits per heavy atom. The summed E-state index contributed by atoms with van der Waals surface area (Å²) in [5, 5.41) is 6.15. The van der Waals surface area contributed by atoms with Gasteiger partial charge >= 0.3 is 0 Å². The Morgan fingerprint density at radius 1 is 1.03 bits per heavy atom. The maximum atomic E-state index is 12.7. The highest BCUT2D eigenvalue weighted by Crippen LogP contribution is 2.28. The number of rotatable bonds is 9. The quantitative estimate of drug-likeness (QED) is 0.577. The first-order valence-electron chi connectivity index (χ1n) is 11.5. The molecule has 0 radical (unpaired) electrons. The summed E-state index contributed by atoms with van der Waals surface area (Å²) in [7, 11) is 0. The highest BCUT2D eigenvalue weighted by molar-refractivity contribution is 5.95. The van der Waals surface area contributed by atoms with Crippen LogP contribution in [0.25, 0.3) is 11.1 Å². The fraction of sp³-hybridized carbons (Fsp3) is 0.462. The molecule has 166 valence electrons. The van der Waals surface area contributed by atoms with Crippen LogP contribution in [-0.4, -0.2) is 42.4 Å². The molecule has 31 heavy (non-hydrogen) atoms. The average molecular weight is 422 g/mol. The van der Waals surface area contributed by atoms with E-state index in [1.807, 2.05) is 54.6 Å². The first kappa shape index (κ1) is 23.0. The van der Waals surface area contributed by atoms with Gasteiger partial charge in [-0.1, -0.05) is 61.9 Å². The molecule has 2 aromatic rings. The number of carbonyl (C=O) groups is 2. The smallest absolute Gasteiger partial charge is 0.225 e. The van der Waals surface area contributed by atoms with E-state index < -0.39 is 0 Å². The number of nitrogens with one attached hydrogen (secondary N) is 2. The Hall–Kier alpha value is -2.66. The van der Waals surface area contributed by atoms with Gasteiger partial charge in [0.2, 0.25) is 11.8 Å². The molecule has 0 bridgehead atoms. The zero-order chi connectivity index (χ0) is 22.1. The van der Waals surface area contributed by atoms with Crippen molar-refractivity contribution in [3.8, 4) is 11.1 Å². The Morgan fingerprint density at radius 3 is 2.55 bits per heavy atom. The summed E-state index contributed by atoms with van der Waals surface area (Å²) < 4.78 is 0. The van der Waals surface area contributed by atoms with Gasteiger partial charge in [0.1, 0.15) is 0 Å². The van der Waals surface area contributed by atoms with Crippen molar-refractivity contribution in [2.75, 3.05) is 25.0 Å². The number of hydrogen-bond acceptors (Lipinski definition) is 3. The molecule has 2 atom stereocenters. The summed E-state index contributed by atoms with van der Waals surface area (Å²) in [6, 6.07) is 18.4. The number of anilines is 1. The number of amides is 2. The lowest BCUT2D eigenvalue weighted by molar-refractivity contribution is -0.127. The number of benzene rings is 2. The maximum Gasteiger partial charge on any atom is 0.225 e. The molecule has 5 heteroatoms. The van der Waals surface area contributed by atoms with Crippen LogP contribution in [0.5, 0.6) is 0 Å². The second-order valence-electron chi connectivity index (χ2n) is 8.47. The molecule has 2 N–H and O–H groups in total. The van der Waals surface area contributed by atoms with Gasteiger partial charge in [0.05, 0.1) is 5.92 Å². The molecule has 1 heterocycles. The summed E-state index contributed by atoms with van der Waals surface area (Å²) in [6.07, 6.45) is 4.42. The lowest BCUT2D eigenvalue weighted by Crippen LogP contribution is -2.47. The van der Waals surface area contributed by atoms with Crippen LogP contribution in [0, 0.1) is 5.92 Å². The van der Waals surface area contributed by atoms with Crippen LogP contribution in [0.2, 0.25) is 0 Å². The van der Waals surface area contributed by atoms with Crippen LogP contribution in [0.3, 0.4) is 0 Å². The number of carbonyl (C=O) groups excluding carboxylic acids is 2. The highest BCUT2D eigenvalue weighted by atomic mass is 16.2. The van der Waals surface area contributed by atoms with Crippen molar-refractivity contribution in [1.82, 2.24) is 10.2 Å². The van der Waals surface area contributed by atoms with Gasteiger partial charge in [-0.2, -0.15) is 0 Å². The van der Waals surface area contributed by atoms with Crippen molar-refractivity contribution in [1.29, 1.82) is 0 Å². The minimum absolute atomic E-state index is 0.00472. The predicted molar refractivity (Wildman–Crippen MR) is 127 cm³/mol. The van der Waals surface area contributed by atoms with E-state index in [-0.39, 0.29) is 17.7 Å². The van der Waals surface area contributed by atoms with E-state index in [1.54, 1.807) is 0 Å². The van der Waals surface area contributed by atoms with E-state index in [2.05, 4.69) is 29.4 Å². The van der Waals surface area contributed by atoms with Crippen LogP contribution in [0.1, 0.15) is 46.0 Å². The topological polar surface area (TPSA) is 61.4 Å². The molecule has 1 saturated heterocycles. The van der Waals surface area contributed by atoms with Crippen LogP contribution in [0.4, 0.5) is 5.69 Å². The first-order valence-corrected chi connectivity index (χ1v) is 11.5. The third-order valence-corrected chi connectivity index (χ3v) is 6.12. The first-order chi connectivity index (χ1) is 15.1. The Labute approximate surface area is 186 Å². The number of hydrogen-bond donors (Lipinski definition) is 2. The molecule has 0 aliphatic carbocycles. The number of unbranched alkanes of at least 4 members (excludes halogenated alkanes) is 1. The van der Waals surface area contributed by atoms with Crippen molar-refractivity contribution in [2.24, 2.45) is 5.92 Å². The van der Waals surface area contributed by atoms with Gasteiger partial charge in [0.25, 0.3) is 0 Å². The summed E-state index contributed by atoms with van der Waals surface area (Å²) >= 11 is 0. The van der Waals surface area contributed by atoms with Crippen molar-refractivity contribution < 1.29 is 9.59 Å². The molecule has 3 rings (SSSR count). The zero-order valence-corrected chi connectivity index (χ0v) is 18.8. The van der Waals surface area contributed by atoms with E-state index in [4.69, 9.17) is 0 Å². The molecule has 0 saturated carbocycles. The van der Waals surface area contributed by atoms with Crippen LogP contribution in [-0.2, 0) is 9.59 Å². The molecule has 5 nitrogen and oxygen atoms in total. The fourth-order valence-electron chi connectivity index (χ4n) is 4.16. The molecular formula is C26H35N3O2. The lowest BCUT2D eigenvalue weighted by Gasteiger charge is -2.37. The number of para-hydroxylation sites is 1. The standard InChI is InChI=1S/C26H35N3O2/c1-3-4-17-27-26(31)22-15-14-20(2)29(19-22)18-16-25(30)28-24-13-9-8-12-23(24)21-10-6-5-7-11-21/h5-13,20,22H,3-4,14-19H2,1-2H3,(H,27,31)(H,28,30). The van der Waals surface area contributed by atoms with Gasteiger partial charge in [0, 0.05) is 43.3 Å². The molecule has 2 unspecified atom stereocenters. The Balaban J connectivity index is 1.54. The third-order valence-electron chi connectivity index (χ3n) is 6.12. The fourth-order valence-corrected chi connectivity index (χ4v) is 4.16. The molecular weight excluding hydrogens is 386 g/mol. The van der Waals surface area contributed by atoms with Crippen molar-refractivity contribution in [2.45, 2.75) is 52.0 Å². The van der Waals surface area contributed by atoms with Crippen LogP contribution >= 0.6 is 0 Å². The second-order valence-corrected chi connectivity index (χ2v) is 8.47. The predicted octanol–water partition coefficient (Wildman–Crippen LogP) is 4.70. The van der Waals surface area contributed by atoms with E-state index in [0.717, 1.165) is 55.6 Å². The van der Waals surface area contributed by atoms with Crippen LogP contribution in [0.15, 0.2) is 54.6 Å². The molecule has 0 aromatic heterocycles. The second kappa shape index (κ2) is 11.7. The van der Waals surface area contributed by atoms with E-state index in [1.165, 1.54) is 0 Å². The third kappa shape index (κ3) is 6.66. The Bertz CT molecular complexity index is 853. The molecule has 1 fully saturated rings. The normalized spacial score (nSPS) is 19.0. The van der Waals surface area contributed by atoms with Crippen molar-refractivity contribution >= 4 is 17.5 Å². The molecule has 2 amide bonds. The van der Waals surface area contributed by atoms with E-state index in [0.29, 0.717) is 19.0 Å².